The molecule has 0 bridgehead atoms. The number of thiazole rings is 1. The van der Waals surface area contributed by atoms with E-state index in [9.17, 15) is 4.79 Å². The molecule has 1 aromatic carbocycles. The number of hydrogen-bond acceptors (Lipinski definition) is 7. The number of aromatic nitrogens is 4. The molecule has 28 heavy (non-hydrogen) atoms. The van der Waals surface area contributed by atoms with Crippen LogP contribution in [0.4, 0.5) is 5.13 Å². The summed E-state index contributed by atoms with van der Waals surface area (Å²) in [4.78, 5) is 16.7. The molecule has 0 aliphatic rings. The van der Waals surface area contributed by atoms with Crippen LogP contribution in [-0.2, 0) is 10.2 Å². The molecule has 0 aliphatic heterocycles. The number of benzene rings is 1. The third-order valence-electron chi connectivity index (χ3n) is 3.63. The third-order valence-corrected chi connectivity index (χ3v) is 6.07. The van der Waals surface area contributed by atoms with Crippen LogP contribution in [0.25, 0.3) is 11.3 Å². The van der Waals surface area contributed by atoms with Crippen molar-refractivity contribution in [2.75, 3.05) is 16.9 Å². The van der Waals surface area contributed by atoms with Gasteiger partial charge in [-0.05, 0) is 12.1 Å². The second-order valence-corrected chi connectivity index (χ2v) is 9.54. The topological polar surface area (TPSA) is 98.7 Å². The number of thioether (sulfide) groups is 1. The number of nitrogens with one attached hydrogen (secondary N) is 1. The van der Waals surface area contributed by atoms with Crippen LogP contribution in [0.3, 0.4) is 0 Å². The molecule has 0 spiro atoms. The summed E-state index contributed by atoms with van der Waals surface area (Å²) in [7, 11) is 0. The van der Waals surface area contributed by atoms with Crippen molar-refractivity contribution in [3.05, 3.63) is 39.4 Å². The maximum absolute atomic E-state index is 12.2. The highest BCUT2D eigenvalue weighted by Crippen LogP contribution is 2.30. The first-order valence-electron chi connectivity index (χ1n) is 8.19. The van der Waals surface area contributed by atoms with E-state index in [1.165, 1.54) is 27.8 Å². The number of amides is 1. The molecule has 3 aromatic rings. The summed E-state index contributed by atoms with van der Waals surface area (Å²) in [5.41, 5.74) is 1.31. The minimum atomic E-state index is -0.231. The van der Waals surface area contributed by atoms with Gasteiger partial charge < -0.3 is 11.2 Å². The maximum Gasteiger partial charge on any atom is 0.236 e. The molecule has 7 nitrogen and oxygen atoms in total. The van der Waals surface area contributed by atoms with E-state index in [1.807, 2.05) is 32.2 Å². The summed E-state index contributed by atoms with van der Waals surface area (Å²) in [5.74, 6) is 6.61. The molecule has 3 rings (SSSR count). The lowest BCUT2D eigenvalue weighted by Crippen LogP contribution is -2.24. The quantitative estimate of drug-likeness (QED) is 0.434. The number of rotatable bonds is 5. The zero-order valence-corrected chi connectivity index (χ0v) is 18.5. The van der Waals surface area contributed by atoms with Crippen molar-refractivity contribution in [3.8, 4) is 11.3 Å². The van der Waals surface area contributed by atoms with Gasteiger partial charge in [0.05, 0.1) is 21.5 Å². The standard InChI is InChI=1S/C17H18Cl2N6OS2/c1-17(2,3)14-23-24-16(25(14)20)28-8-13(26)22-15-21-12(7-27-15)9-4-5-10(18)11(19)6-9/h4-7H,8,20H2,1-3H3,(H,21,22,26). The number of anilines is 1. The smallest absolute Gasteiger partial charge is 0.236 e. The van der Waals surface area contributed by atoms with E-state index in [0.717, 1.165) is 5.56 Å². The van der Waals surface area contributed by atoms with Crippen molar-refractivity contribution in [3.63, 3.8) is 0 Å². The molecule has 0 saturated carbocycles. The maximum atomic E-state index is 12.2. The van der Waals surface area contributed by atoms with Crippen LogP contribution < -0.4 is 11.2 Å². The minimum absolute atomic E-state index is 0.140. The molecule has 3 N–H and O–H groups in total. The van der Waals surface area contributed by atoms with Crippen LogP contribution in [0.2, 0.25) is 10.0 Å². The molecular weight excluding hydrogens is 439 g/mol. The van der Waals surface area contributed by atoms with Crippen molar-refractivity contribution in [2.24, 2.45) is 0 Å². The Morgan fingerprint density at radius 3 is 2.68 bits per heavy atom. The number of nitrogen functional groups attached to an aromatic ring is 1. The summed E-state index contributed by atoms with van der Waals surface area (Å²) in [6.07, 6.45) is 0. The summed E-state index contributed by atoms with van der Waals surface area (Å²) in [6.45, 7) is 5.99. The second kappa shape index (κ2) is 8.28. The molecule has 0 fully saturated rings. The lowest BCUT2D eigenvalue weighted by Gasteiger charge is -2.16. The Morgan fingerprint density at radius 2 is 2.04 bits per heavy atom. The van der Waals surface area contributed by atoms with Crippen molar-refractivity contribution >= 4 is 57.3 Å². The van der Waals surface area contributed by atoms with Crippen molar-refractivity contribution in [1.29, 1.82) is 0 Å². The molecule has 0 unspecified atom stereocenters. The number of carbonyl (C=O) groups is 1. The van der Waals surface area contributed by atoms with Gasteiger partial charge >= 0.3 is 0 Å². The lowest BCUT2D eigenvalue weighted by molar-refractivity contribution is -0.113. The van der Waals surface area contributed by atoms with Gasteiger partial charge in [-0.1, -0.05) is 61.8 Å². The van der Waals surface area contributed by atoms with Gasteiger partial charge in [-0.15, -0.1) is 21.5 Å². The Morgan fingerprint density at radius 1 is 1.29 bits per heavy atom. The molecule has 0 atom stereocenters. The van der Waals surface area contributed by atoms with E-state index in [1.54, 1.807) is 12.1 Å². The van der Waals surface area contributed by atoms with Crippen molar-refractivity contribution < 1.29 is 4.79 Å². The van der Waals surface area contributed by atoms with Crippen LogP contribution in [-0.4, -0.2) is 31.5 Å². The fraction of sp³-hybridized carbons (Fsp3) is 0.294. The highest BCUT2D eigenvalue weighted by atomic mass is 35.5. The Kier molecular flexibility index (Phi) is 6.18. The van der Waals surface area contributed by atoms with Gasteiger partial charge in [-0.25, -0.2) is 9.66 Å². The van der Waals surface area contributed by atoms with Gasteiger partial charge in [0.1, 0.15) is 0 Å². The predicted octanol–water partition coefficient (Wildman–Crippen LogP) is 4.45. The monoisotopic (exact) mass is 456 g/mol. The average Bonchev–Trinajstić information content (AvgIpc) is 3.22. The molecule has 0 aliphatic carbocycles. The first-order valence-corrected chi connectivity index (χ1v) is 10.8. The Labute approximate surface area is 180 Å². The molecule has 0 radical (unpaired) electrons. The van der Waals surface area contributed by atoms with Crippen LogP contribution >= 0.6 is 46.3 Å². The number of nitrogens with zero attached hydrogens (tertiary/aromatic N) is 4. The molecule has 2 aromatic heterocycles. The highest BCUT2D eigenvalue weighted by molar-refractivity contribution is 7.99. The van der Waals surface area contributed by atoms with Gasteiger partial charge in [-0.2, -0.15) is 0 Å². The Bertz CT molecular complexity index is 1010. The molecule has 148 valence electrons. The number of hydrogen-bond donors (Lipinski definition) is 2. The number of nitrogens with two attached hydrogens (primary N) is 1. The van der Waals surface area contributed by atoms with Gasteiger partial charge in [0.15, 0.2) is 11.0 Å². The van der Waals surface area contributed by atoms with Crippen LogP contribution in [0, 0.1) is 0 Å². The summed E-state index contributed by atoms with van der Waals surface area (Å²) in [5, 5.41) is 14.7. The first kappa shape index (κ1) is 20.9. The average molecular weight is 457 g/mol. The first-order chi connectivity index (χ1) is 13.1. The van der Waals surface area contributed by atoms with Gasteiger partial charge in [-0.3, -0.25) is 4.79 Å². The van der Waals surface area contributed by atoms with E-state index >= 15 is 0 Å². The second-order valence-electron chi connectivity index (χ2n) is 6.93. The van der Waals surface area contributed by atoms with Crippen molar-refractivity contribution in [2.45, 2.75) is 31.3 Å². The normalized spacial score (nSPS) is 11.6. The summed E-state index contributed by atoms with van der Waals surface area (Å²) >= 11 is 14.5. The fourth-order valence-electron chi connectivity index (χ4n) is 2.29. The van der Waals surface area contributed by atoms with E-state index < -0.39 is 0 Å². The number of halogens is 2. The third kappa shape index (κ3) is 4.78. The Hall–Kier alpha value is -1.81. The largest absolute Gasteiger partial charge is 0.336 e. The van der Waals surface area contributed by atoms with Crippen LogP contribution in [0.15, 0.2) is 28.7 Å². The molecular formula is C17H18Cl2N6OS2. The number of carbonyl (C=O) groups excluding carboxylic acids is 1. The predicted molar refractivity (Wildman–Crippen MR) is 116 cm³/mol. The zero-order chi connectivity index (χ0) is 20.5. The van der Waals surface area contributed by atoms with E-state index in [4.69, 9.17) is 29.0 Å². The molecule has 2 heterocycles. The van der Waals surface area contributed by atoms with Crippen LogP contribution in [0.5, 0.6) is 0 Å². The Balaban J connectivity index is 1.61. The van der Waals surface area contributed by atoms with Gasteiger partial charge in [0.2, 0.25) is 11.1 Å². The fourth-order valence-corrected chi connectivity index (χ4v) is 3.98. The van der Waals surface area contributed by atoms with Gasteiger partial charge in [0.25, 0.3) is 0 Å². The van der Waals surface area contributed by atoms with E-state index in [0.29, 0.717) is 31.9 Å². The van der Waals surface area contributed by atoms with Crippen molar-refractivity contribution in [1.82, 2.24) is 19.9 Å². The summed E-state index contributed by atoms with van der Waals surface area (Å²) in [6, 6.07) is 5.27. The summed E-state index contributed by atoms with van der Waals surface area (Å²) < 4.78 is 1.42. The van der Waals surface area contributed by atoms with Gasteiger partial charge in [0, 0.05) is 16.4 Å². The molecule has 1 amide bonds. The molecule has 0 saturated heterocycles. The highest BCUT2D eigenvalue weighted by Gasteiger charge is 2.23. The van der Waals surface area contributed by atoms with Crippen LogP contribution in [0.1, 0.15) is 26.6 Å². The lowest BCUT2D eigenvalue weighted by atomic mass is 9.96. The minimum Gasteiger partial charge on any atom is -0.336 e. The molecule has 11 heteroatoms. The zero-order valence-electron chi connectivity index (χ0n) is 15.4. The SMILES string of the molecule is CC(C)(C)c1nnc(SCC(=O)Nc2nc(-c3ccc(Cl)c(Cl)c3)cs2)n1N. The van der Waals surface area contributed by atoms with E-state index in [-0.39, 0.29) is 17.1 Å². The van der Waals surface area contributed by atoms with E-state index in [2.05, 4.69) is 20.5 Å².